The lowest BCUT2D eigenvalue weighted by atomic mass is 10.1. The highest BCUT2D eigenvalue weighted by Gasteiger charge is 2.36. The highest BCUT2D eigenvalue weighted by Crippen LogP contribution is 2.25. The number of anilines is 1. The van der Waals surface area contributed by atoms with E-state index in [4.69, 9.17) is 5.11 Å². The highest BCUT2D eigenvalue weighted by atomic mass is 32.1. The number of carbonyl (C=O) groups is 3. The van der Waals surface area contributed by atoms with Crippen LogP contribution in [-0.2, 0) is 14.4 Å². The third-order valence-electron chi connectivity index (χ3n) is 3.64. The molecule has 0 aliphatic carbocycles. The second-order valence-corrected chi connectivity index (χ2v) is 5.69. The van der Waals surface area contributed by atoms with Crippen LogP contribution in [0.3, 0.4) is 0 Å². The number of nitrogens with one attached hydrogen (secondary N) is 1. The van der Waals surface area contributed by atoms with E-state index in [1.165, 1.54) is 0 Å². The summed E-state index contributed by atoms with van der Waals surface area (Å²) in [4.78, 5) is 36.7. The molecule has 0 saturated carbocycles. The number of aryl methyl sites for hydroxylation is 1. The molecule has 1 aliphatic rings. The molecule has 1 aromatic rings. The Hall–Kier alpha value is -2.02. The van der Waals surface area contributed by atoms with Gasteiger partial charge in [0.2, 0.25) is 11.8 Å². The topological polar surface area (TPSA) is 86.7 Å². The number of thiol groups is 1. The van der Waals surface area contributed by atoms with Gasteiger partial charge in [-0.25, -0.2) is 4.79 Å². The Labute approximate surface area is 133 Å². The third kappa shape index (κ3) is 3.59. The highest BCUT2D eigenvalue weighted by molar-refractivity contribution is 7.80. The molecule has 0 radical (unpaired) electrons. The van der Waals surface area contributed by atoms with Crippen LogP contribution in [0.2, 0.25) is 0 Å². The lowest BCUT2D eigenvalue weighted by Gasteiger charge is -2.18. The Morgan fingerprint density at radius 3 is 2.59 bits per heavy atom. The Kier molecular flexibility index (Phi) is 5.07. The number of benzene rings is 1. The number of aliphatic carboxylic acids is 1. The number of rotatable bonds is 5. The van der Waals surface area contributed by atoms with Crippen LogP contribution in [0.25, 0.3) is 0 Å². The van der Waals surface area contributed by atoms with Crippen molar-refractivity contribution in [3.05, 3.63) is 29.8 Å². The first kappa shape index (κ1) is 16.4. The van der Waals surface area contributed by atoms with E-state index in [1.54, 1.807) is 4.90 Å². The van der Waals surface area contributed by atoms with Gasteiger partial charge >= 0.3 is 5.97 Å². The van der Waals surface area contributed by atoms with Crippen molar-refractivity contribution in [3.63, 3.8) is 0 Å². The molecule has 22 heavy (non-hydrogen) atoms. The molecule has 6 nitrogen and oxygen atoms in total. The molecule has 2 unspecified atom stereocenters. The van der Waals surface area contributed by atoms with E-state index in [2.05, 4.69) is 17.9 Å². The lowest BCUT2D eigenvalue weighted by molar-refractivity contribution is -0.141. The molecule has 118 valence electrons. The van der Waals surface area contributed by atoms with E-state index >= 15 is 0 Å². The summed E-state index contributed by atoms with van der Waals surface area (Å²) >= 11 is 3.90. The number of nitrogens with zero attached hydrogens (tertiary/aromatic N) is 1. The lowest BCUT2D eigenvalue weighted by Crippen LogP contribution is -2.45. The van der Waals surface area contributed by atoms with Crippen molar-refractivity contribution in [1.29, 1.82) is 0 Å². The molecule has 2 atom stereocenters. The summed E-state index contributed by atoms with van der Waals surface area (Å²) < 4.78 is 0. The number of hydrogen-bond acceptors (Lipinski definition) is 4. The zero-order valence-electron chi connectivity index (χ0n) is 12.2. The summed E-state index contributed by atoms with van der Waals surface area (Å²) in [6, 6.07) is 6.43. The van der Waals surface area contributed by atoms with Crippen LogP contribution in [0.15, 0.2) is 24.3 Å². The van der Waals surface area contributed by atoms with Gasteiger partial charge in [0, 0.05) is 24.4 Å². The predicted octanol–water partition coefficient (Wildman–Crippen LogP) is 0.847. The van der Waals surface area contributed by atoms with Crippen LogP contribution >= 0.6 is 12.6 Å². The van der Waals surface area contributed by atoms with Crippen molar-refractivity contribution in [2.45, 2.75) is 19.4 Å². The van der Waals surface area contributed by atoms with Gasteiger partial charge in [0.15, 0.2) is 0 Å². The zero-order valence-corrected chi connectivity index (χ0v) is 13.0. The van der Waals surface area contributed by atoms with Gasteiger partial charge in [-0.15, -0.1) is 0 Å². The van der Waals surface area contributed by atoms with Gasteiger partial charge in [0.05, 0.1) is 5.92 Å². The molecular weight excluding hydrogens is 304 g/mol. The molecule has 0 bridgehead atoms. The fourth-order valence-electron chi connectivity index (χ4n) is 2.33. The molecule has 2 N–H and O–H groups in total. The minimum absolute atomic E-state index is 0.00339. The van der Waals surface area contributed by atoms with Gasteiger partial charge in [-0.1, -0.05) is 17.7 Å². The first-order valence-electron chi connectivity index (χ1n) is 6.93. The molecule has 0 spiro atoms. The van der Waals surface area contributed by atoms with Crippen LogP contribution in [-0.4, -0.2) is 41.2 Å². The molecule has 1 aromatic carbocycles. The standard InChI is InChI=1S/C15H18N2O4S/c1-9-2-4-11(5-3-9)17-7-10(6-13(17)18)14(19)16-12(8-22)15(20)21/h2-5,10,12,22H,6-8H2,1H3,(H,16,19)(H,20,21). The average Bonchev–Trinajstić information content (AvgIpc) is 2.87. The van der Waals surface area contributed by atoms with Crippen LogP contribution < -0.4 is 10.2 Å². The number of carboxylic acids is 1. The maximum Gasteiger partial charge on any atom is 0.327 e. The molecule has 2 rings (SSSR count). The van der Waals surface area contributed by atoms with Crippen LogP contribution in [0, 0.1) is 12.8 Å². The normalized spacial score (nSPS) is 19.1. The Bertz CT molecular complexity index is 588. The molecule has 1 fully saturated rings. The first-order chi connectivity index (χ1) is 10.4. The van der Waals surface area contributed by atoms with Crippen LogP contribution in [0.5, 0.6) is 0 Å². The van der Waals surface area contributed by atoms with Gasteiger partial charge in [-0.2, -0.15) is 12.6 Å². The molecule has 1 heterocycles. The third-order valence-corrected chi connectivity index (χ3v) is 4.00. The second kappa shape index (κ2) is 6.83. The quantitative estimate of drug-likeness (QED) is 0.701. The largest absolute Gasteiger partial charge is 0.480 e. The maximum atomic E-state index is 12.1. The minimum atomic E-state index is -1.14. The van der Waals surface area contributed by atoms with Crippen molar-refractivity contribution in [1.82, 2.24) is 5.32 Å². The summed E-state index contributed by atoms with van der Waals surface area (Å²) in [5.74, 6) is -2.24. The van der Waals surface area contributed by atoms with E-state index < -0.39 is 23.8 Å². The zero-order chi connectivity index (χ0) is 16.3. The van der Waals surface area contributed by atoms with Crippen molar-refractivity contribution < 1.29 is 19.5 Å². The Balaban J connectivity index is 2.04. The predicted molar refractivity (Wildman–Crippen MR) is 85.1 cm³/mol. The summed E-state index contributed by atoms with van der Waals surface area (Å²) in [6.45, 7) is 2.21. The van der Waals surface area contributed by atoms with Crippen molar-refractivity contribution in [3.8, 4) is 0 Å². The van der Waals surface area contributed by atoms with Crippen molar-refractivity contribution in [2.75, 3.05) is 17.2 Å². The molecule has 7 heteroatoms. The van der Waals surface area contributed by atoms with Gasteiger partial charge in [0.1, 0.15) is 6.04 Å². The number of carboxylic acid groups (broad SMARTS) is 1. The maximum absolute atomic E-state index is 12.1. The van der Waals surface area contributed by atoms with Crippen molar-refractivity contribution in [2.24, 2.45) is 5.92 Å². The summed E-state index contributed by atoms with van der Waals surface area (Å²) in [5.41, 5.74) is 1.83. The van der Waals surface area contributed by atoms with Crippen LogP contribution in [0.1, 0.15) is 12.0 Å². The molecule has 1 aliphatic heterocycles. The summed E-state index contributed by atoms with van der Waals surface area (Å²) in [6.07, 6.45) is 0.0820. The van der Waals surface area contributed by atoms with E-state index in [1.807, 2.05) is 31.2 Å². The van der Waals surface area contributed by atoms with Crippen molar-refractivity contribution >= 4 is 36.1 Å². The molecular formula is C15H18N2O4S. The number of amides is 2. The average molecular weight is 322 g/mol. The molecule has 1 saturated heterocycles. The minimum Gasteiger partial charge on any atom is -0.480 e. The summed E-state index contributed by atoms with van der Waals surface area (Å²) in [5, 5.41) is 11.3. The Morgan fingerprint density at radius 1 is 1.41 bits per heavy atom. The number of carbonyl (C=O) groups excluding carboxylic acids is 2. The fraction of sp³-hybridized carbons (Fsp3) is 0.400. The second-order valence-electron chi connectivity index (χ2n) is 5.32. The van der Waals surface area contributed by atoms with E-state index in [0.717, 1.165) is 11.3 Å². The van der Waals surface area contributed by atoms with Gasteiger partial charge in [-0.05, 0) is 19.1 Å². The number of hydrogen-bond donors (Lipinski definition) is 3. The summed E-state index contributed by atoms with van der Waals surface area (Å²) in [7, 11) is 0. The Morgan fingerprint density at radius 2 is 2.05 bits per heavy atom. The van der Waals surface area contributed by atoms with Gasteiger partial charge < -0.3 is 15.3 Å². The van der Waals surface area contributed by atoms with E-state index in [0.29, 0.717) is 0 Å². The van der Waals surface area contributed by atoms with E-state index in [-0.39, 0.29) is 24.6 Å². The molecule has 2 amide bonds. The monoisotopic (exact) mass is 322 g/mol. The fourth-order valence-corrected chi connectivity index (χ4v) is 2.58. The molecule has 0 aromatic heterocycles. The first-order valence-corrected chi connectivity index (χ1v) is 7.56. The van der Waals surface area contributed by atoms with E-state index in [9.17, 15) is 14.4 Å². The SMILES string of the molecule is Cc1ccc(N2CC(C(=O)NC(CS)C(=O)O)CC2=O)cc1. The van der Waals surface area contributed by atoms with Gasteiger partial charge in [0.25, 0.3) is 0 Å². The van der Waals surface area contributed by atoms with Gasteiger partial charge in [-0.3, -0.25) is 9.59 Å². The smallest absolute Gasteiger partial charge is 0.327 e. The van der Waals surface area contributed by atoms with Crippen LogP contribution in [0.4, 0.5) is 5.69 Å².